The van der Waals surface area contributed by atoms with E-state index in [-0.39, 0.29) is 22.6 Å². The molecule has 206 valence electrons. The lowest BCUT2D eigenvalue weighted by Gasteiger charge is -2.40. The Hall–Kier alpha value is -2.39. The molecule has 6 rings (SSSR count). The van der Waals surface area contributed by atoms with E-state index in [2.05, 4.69) is 27.4 Å². The van der Waals surface area contributed by atoms with Crippen molar-refractivity contribution >= 4 is 22.4 Å². The summed E-state index contributed by atoms with van der Waals surface area (Å²) < 4.78 is 51.1. The molecular weight excluding hydrogens is 513 g/mol. The molecule has 5 atom stereocenters. The van der Waals surface area contributed by atoms with E-state index in [1.807, 2.05) is 0 Å². The molecule has 9 heteroatoms. The first-order valence-corrected chi connectivity index (χ1v) is 14.4. The van der Waals surface area contributed by atoms with E-state index >= 15 is 0 Å². The van der Waals surface area contributed by atoms with Crippen LogP contribution in [0.15, 0.2) is 34.7 Å². The van der Waals surface area contributed by atoms with Crippen LogP contribution >= 0.6 is 11.3 Å². The highest BCUT2D eigenvalue weighted by Gasteiger charge is 2.37. The normalized spacial score (nSPS) is 24.9. The number of rotatable bonds is 8. The zero-order valence-corrected chi connectivity index (χ0v) is 22.7. The van der Waals surface area contributed by atoms with Gasteiger partial charge in [0.15, 0.2) is 22.7 Å². The third kappa shape index (κ3) is 5.78. The Morgan fingerprint density at radius 2 is 2.03 bits per heavy atom. The van der Waals surface area contributed by atoms with Gasteiger partial charge in [-0.25, -0.2) is 9.97 Å². The molecule has 3 aromatic rings. The fraction of sp³-hybridized carbons (Fsp3) is 0.586. The van der Waals surface area contributed by atoms with Gasteiger partial charge in [0.05, 0.1) is 11.7 Å². The molecule has 1 N–H and O–H groups in total. The van der Waals surface area contributed by atoms with Crippen LogP contribution in [0, 0.1) is 29.6 Å². The molecule has 38 heavy (non-hydrogen) atoms. The van der Waals surface area contributed by atoms with Crippen LogP contribution in [0.25, 0.3) is 21.7 Å². The summed E-state index contributed by atoms with van der Waals surface area (Å²) in [5.41, 5.74) is 0.726. The summed E-state index contributed by atoms with van der Waals surface area (Å²) in [5.74, 6) is 2.12. The van der Waals surface area contributed by atoms with Gasteiger partial charge in [-0.2, -0.15) is 0 Å². The number of allylic oxidation sites excluding steroid dienone is 1. The predicted molar refractivity (Wildman–Crippen MR) is 142 cm³/mol. The monoisotopic (exact) mass is 548 g/mol. The molecule has 0 aliphatic heterocycles. The van der Waals surface area contributed by atoms with E-state index in [4.69, 9.17) is 4.42 Å². The molecule has 5 unspecified atom stereocenters. The average Bonchev–Trinajstić information content (AvgIpc) is 3.53. The SMILES string of the molecule is C=CC1CC2CCC1CCC(CCc1nc3c(OC(F)(F)F)c(C(O)C(C)C)cc(-c4nccs4)c3o1)C2. The fourth-order valence-electron chi connectivity index (χ4n) is 6.40. The van der Waals surface area contributed by atoms with Crippen molar-refractivity contribution in [3.05, 3.63) is 41.8 Å². The number of alkyl halides is 3. The fourth-order valence-corrected chi connectivity index (χ4v) is 7.05. The van der Waals surface area contributed by atoms with Crippen LogP contribution in [0.5, 0.6) is 5.75 Å². The highest BCUT2D eigenvalue weighted by Crippen LogP contribution is 2.46. The lowest BCUT2D eigenvalue weighted by Crippen LogP contribution is -2.28. The molecule has 0 saturated heterocycles. The van der Waals surface area contributed by atoms with Crippen LogP contribution in [-0.2, 0) is 6.42 Å². The molecular formula is C29H35F3N2O3S. The van der Waals surface area contributed by atoms with Crippen molar-refractivity contribution in [2.75, 3.05) is 0 Å². The van der Waals surface area contributed by atoms with E-state index < -0.39 is 18.2 Å². The molecule has 2 heterocycles. The largest absolute Gasteiger partial charge is 0.573 e. The van der Waals surface area contributed by atoms with Crippen LogP contribution in [0.3, 0.4) is 0 Å². The Balaban J connectivity index is 1.48. The molecule has 1 aromatic carbocycles. The number of hydrogen-bond acceptors (Lipinski definition) is 6. The van der Waals surface area contributed by atoms with Crippen molar-refractivity contribution in [3.63, 3.8) is 0 Å². The molecule has 3 aliphatic carbocycles. The Morgan fingerprint density at radius 3 is 2.71 bits per heavy atom. The molecule has 3 fully saturated rings. The summed E-state index contributed by atoms with van der Waals surface area (Å²) in [5, 5.41) is 13.2. The van der Waals surface area contributed by atoms with Gasteiger partial charge < -0.3 is 14.3 Å². The minimum Gasteiger partial charge on any atom is -0.440 e. The Kier molecular flexibility index (Phi) is 7.87. The minimum absolute atomic E-state index is 0.0229. The first-order chi connectivity index (χ1) is 18.1. The zero-order valence-electron chi connectivity index (χ0n) is 21.8. The van der Waals surface area contributed by atoms with Crippen molar-refractivity contribution in [1.82, 2.24) is 9.97 Å². The summed E-state index contributed by atoms with van der Waals surface area (Å²) in [6.45, 7) is 7.53. The minimum atomic E-state index is -4.94. The zero-order chi connectivity index (χ0) is 27.0. The maximum absolute atomic E-state index is 13.5. The molecule has 3 aliphatic rings. The number of thiazole rings is 1. The number of ether oxygens (including phenoxy) is 1. The standard InChI is InChI=1S/C29H35F3N2O3S/c1-4-19-14-18-6-9-20(19)8-5-17(13-18)7-10-23-34-24-26(36-23)22(28-33-11-12-38-28)15-21(25(35)16(2)3)27(24)37-29(30,31)32/h4,11-12,15-20,25,35H,1,5-10,13-14H2,2-3H3. The maximum Gasteiger partial charge on any atom is 0.573 e. The molecule has 0 radical (unpaired) electrons. The number of nitrogens with zero attached hydrogens (tertiary/aromatic N) is 2. The van der Waals surface area contributed by atoms with Gasteiger partial charge in [0.2, 0.25) is 0 Å². The second kappa shape index (κ2) is 11.0. The lowest BCUT2D eigenvalue weighted by molar-refractivity contribution is -0.274. The van der Waals surface area contributed by atoms with Gasteiger partial charge in [0.1, 0.15) is 5.01 Å². The van der Waals surface area contributed by atoms with Crippen molar-refractivity contribution in [2.45, 2.75) is 77.7 Å². The number of halogens is 3. The number of hydrogen-bond donors (Lipinski definition) is 1. The topological polar surface area (TPSA) is 68.4 Å². The predicted octanol–water partition coefficient (Wildman–Crippen LogP) is 8.49. The van der Waals surface area contributed by atoms with E-state index in [1.165, 1.54) is 43.1 Å². The number of benzene rings is 1. The molecule has 5 nitrogen and oxygen atoms in total. The Morgan fingerprint density at radius 1 is 1.24 bits per heavy atom. The van der Waals surface area contributed by atoms with Gasteiger partial charge >= 0.3 is 6.36 Å². The Bertz CT molecular complexity index is 1250. The third-order valence-electron chi connectivity index (χ3n) is 8.36. The summed E-state index contributed by atoms with van der Waals surface area (Å²) >= 11 is 1.35. The first kappa shape index (κ1) is 27.2. The lowest BCUT2D eigenvalue weighted by atomic mass is 9.66. The molecule has 2 aromatic heterocycles. The van der Waals surface area contributed by atoms with E-state index in [0.29, 0.717) is 46.6 Å². The van der Waals surface area contributed by atoms with Gasteiger partial charge in [-0.15, -0.1) is 31.1 Å². The Labute approximate surface area is 225 Å². The van der Waals surface area contributed by atoms with Crippen molar-refractivity contribution in [2.24, 2.45) is 29.6 Å². The average molecular weight is 549 g/mol. The van der Waals surface area contributed by atoms with Crippen molar-refractivity contribution in [3.8, 4) is 16.3 Å². The molecule has 0 spiro atoms. The third-order valence-corrected chi connectivity index (χ3v) is 9.17. The van der Waals surface area contributed by atoms with Gasteiger partial charge in [0, 0.05) is 23.6 Å². The second-order valence-corrected chi connectivity index (χ2v) is 12.2. The number of oxazole rings is 1. The molecule has 3 saturated carbocycles. The number of aryl methyl sites for hydroxylation is 1. The van der Waals surface area contributed by atoms with Crippen molar-refractivity contribution < 1.29 is 27.4 Å². The second-order valence-electron chi connectivity index (χ2n) is 11.3. The highest BCUT2D eigenvalue weighted by molar-refractivity contribution is 7.13. The van der Waals surface area contributed by atoms with Crippen molar-refractivity contribution in [1.29, 1.82) is 0 Å². The van der Waals surface area contributed by atoms with Crippen LogP contribution in [-0.4, -0.2) is 21.4 Å². The molecule has 0 amide bonds. The highest BCUT2D eigenvalue weighted by atomic mass is 32.1. The summed E-state index contributed by atoms with van der Waals surface area (Å²) in [6.07, 6.45) is 6.31. The number of fused-ring (bicyclic) bond motifs is 6. The van der Waals surface area contributed by atoms with Crippen LogP contribution in [0.2, 0.25) is 0 Å². The van der Waals surface area contributed by atoms with Crippen LogP contribution < -0.4 is 4.74 Å². The number of aliphatic hydroxyl groups is 1. The number of aromatic nitrogens is 2. The van der Waals surface area contributed by atoms with Gasteiger partial charge in [-0.3, -0.25) is 0 Å². The summed E-state index contributed by atoms with van der Waals surface area (Å²) in [6, 6.07) is 1.50. The molecule has 2 bridgehead atoms. The smallest absolute Gasteiger partial charge is 0.440 e. The first-order valence-electron chi connectivity index (χ1n) is 13.6. The number of aliphatic hydroxyl groups excluding tert-OH is 1. The van der Waals surface area contributed by atoms with E-state index in [9.17, 15) is 18.3 Å². The van der Waals surface area contributed by atoms with E-state index in [1.54, 1.807) is 25.4 Å². The van der Waals surface area contributed by atoms with Crippen LogP contribution in [0.1, 0.15) is 76.4 Å². The van der Waals surface area contributed by atoms with Gasteiger partial charge in [0.25, 0.3) is 0 Å². The quantitative estimate of drug-likeness (QED) is 0.286. The van der Waals surface area contributed by atoms with Gasteiger partial charge in [-0.1, -0.05) is 32.8 Å². The van der Waals surface area contributed by atoms with E-state index in [0.717, 1.165) is 19.3 Å². The van der Waals surface area contributed by atoms with Crippen LogP contribution in [0.4, 0.5) is 13.2 Å². The summed E-state index contributed by atoms with van der Waals surface area (Å²) in [7, 11) is 0. The maximum atomic E-state index is 13.5. The summed E-state index contributed by atoms with van der Waals surface area (Å²) in [4.78, 5) is 8.88. The van der Waals surface area contributed by atoms with Gasteiger partial charge in [-0.05, 0) is 67.8 Å².